The Bertz CT molecular complexity index is 1460. The van der Waals surface area contributed by atoms with Crippen LogP contribution < -0.4 is 4.74 Å². The smallest absolute Gasteiger partial charge is 0.119 e. The van der Waals surface area contributed by atoms with Crippen LogP contribution in [0.4, 0.5) is 0 Å². The molecule has 3 aromatic carbocycles. The van der Waals surface area contributed by atoms with E-state index in [9.17, 15) is 5.11 Å². The third kappa shape index (κ3) is 9.17. The molecule has 0 radical (unpaired) electrons. The molecule has 2 aliphatic rings. The normalized spacial score (nSPS) is 18.6. The summed E-state index contributed by atoms with van der Waals surface area (Å²) < 4.78 is 35.7. The summed E-state index contributed by atoms with van der Waals surface area (Å²) in [5.74, 6) is 0.865. The molecule has 0 bridgehead atoms. The third-order valence-corrected chi connectivity index (χ3v) is 11.1. The molecule has 0 saturated carbocycles. The van der Waals surface area contributed by atoms with Crippen LogP contribution in [0, 0.1) is 0 Å². The molecule has 5 rings (SSSR count). The summed E-state index contributed by atoms with van der Waals surface area (Å²) in [6, 6.07) is 25.7. The van der Waals surface area contributed by atoms with Gasteiger partial charge in [-0.1, -0.05) is 102 Å². The van der Waals surface area contributed by atoms with Crippen molar-refractivity contribution in [3.8, 4) is 5.75 Å². The molecule has 2 saturated heterocycles. The maximum absolute atomic E-state index is 11.1. The van der Waals surface area contributed by atoms with E-state index >= 15 is 0 Å². The van der Waals surface area contributed by atoms with Crippen LogP contribution >= 0.6 is 0 Å². The minimum Gasteiger partial charge on any atom is -0.491 e. The monoisotopic (exact) mass is 688 g/mol. The average molecular weight is 689 g/mol. The summed E-state index contributed by atoms with van der Waals surface area (Å²) in [6.45, 7) is 20.4. The second kappa shape index (κ2) is 16.3. The summed E-state index contributed by atoms with van der Waals surface area (Å²) in [7, 11) is 0. The van der Waals surface area contributed by atoms with Crippen molar-refractivity contribution in [3.05, 3.63) is 101 Å². The van der Waals surface area contributed by atoms with Crippen LogP contribution in [-0.4, -0.2) is 63.1 Å². The average Bonchev–Trinajstić information content (AvgIpc) is 4.08. The van der Waals surface area contributed by atoms with E-state index in [1.807, 2.05) is 26.0 Å². The fourth-order valence-corrected chi connectivity index (χ4v) is 6.85. The van der Waals surface area contributed by atoms with Gasteiger partial charge in [-0.3, -0.25) is 0 Å². The number of benzene rings is 3. The van der Waals surface area contributed by atoms with Gasteiger partial charge in [0.2, 0.25) is 0 Å². The van der Waals surface area contributed by atoms with E-state index in [0.29, 0.717) is 13.2 Å². The van der Waals surface area contributed by atoms with Crippen LogP contribution in [0.1, 0.15) is 109 Å². The van der Waals surface area contributed by atoms with Gasteiger partial charge in [-0.2, -0.15) is 0 Å². The molecule has 0 aliphatic carbocycles. The lowest BCUT2D eigenvalue weighted by Gasteiger charge is -2.35. The molecule has 50 heavy (non-hydrogen) atoms. The number of ether oxygens (including phenoxy) is 6. The van der Waals surface area contributed by atoms with Gasteiger partial charge in [-0.05, 0) is 79.5 Å². The molecular weight excluding hydrogens is 628 g/mol. The van der Waals surface area contributed by atoms with Crippen LogP contribution in [0.3, 0.4) is 0 Å². The molecule has 0 spiro atoms. The van der Waals surface area contributed by atoms with Gasteiger partial charge in [-0.15, -0.1) is 0 Å². The first-order valence-electron chi connectivity index (χ1n) is 18.7. The number of aliphatic hydroxyl groups is 1. The highest BCUT2D eigenvalue weighted by atomic mass is 16.6. The van der Waals surface area contributed by atoms with Gasteiger partial charge >= 0.3 is 0 Å². The van der Waals surface area contributed by atoms with Crippen molar-refractivity contribution in [2.45, 2.75) is 122 Å². The maximum atomic E-state index is 11.1. The Morgan fingerprint density at radius 2 is 0.980 bits per heavy atom. The lowest BCUT2D eigenvalue weighted by atomic mass is 9.77. The predicted molar refractivity (Wildman–Crippen MR) is 198 cm³/mol. The number of hydrogen-bond donors (Lipinski definition) is 1. The molecule has 0 amide bonds. The van der Waals surface area contributed by atoms with Gasteiger partial charge < -0.3 is 33.5 Å². The van der Waals surface area contributed by atoms with Gasteiger partial charge in [0.25, 0.3) is 0 Å². The van der Waals surface area contributed by atoms with Gasteiger partial charge in [0.1, 0.15) is 30.7 Å². The molecule has 2 fully saturated rings. The molecule has 2 aliphatic heterocycles. The Morgan fingerprint density at radius 1 is 0.580 bits per heavy atom. The Labute approximate surface area is 300 Å². The molecule has 7 heteroatoms. The highest BCUT2D eigenvalue weighted by Crippen LogP contribution is 2.38. The van der Waals surface area contributed by atoms with Crippen LogP contribution in [0.2, 0.25) is 0 Å². The van der Waals surface area contributed by atoms with Crippen molar-refractivity contribution in [1.29, 1.82) is 0 Å². The number of hydrogen-bond acceptors (Lipinski definition) is 7. The second-order valence-electron chi connectivity index (χ2n) is 15.0. The van der Waals surface area contributed by atoms with E-state index in [-0.39, 0.29) is 36.4 Å². The van der Waals surface area contributed by atoms with E-state index in [0.717, 1.165) is 55.8 Å². The van der Waals surface area contributed by atoms with Crippen LogP contribution in [0.25, 0.3) is 0 Å². The second-order valence-corrected chi connectivity index (χ2v) is 15.0. The topological polar surface area (TPSA) is 82.2 Å². The number of aliphatic hydroxyl groups excluding tert-OH is 1. The molecule has 2 heterocycles. The molecule has 3 unspecified atom stereocenters. The first kappa shape index (κ1) is 38.5. The van der Waals surface area contributed by atoms with E-state index in [1.165, 1.54) is 16.7 Å². The molecule has 7 nitrogen and oxygen atoms in total. The van der Waals surface area contributed by atoms with E-state index in [4.69, 9.17) is 28.4 Å². The van der Waals surface area contributed by atoms with Crippen molar-refractivity contribution >= 4 is 0 Å². The maximum Gasteiger partial charge on any atom is 0.119 e. The number of epoxide rings is 2. The molecule has 0 aromatic heterocycles. The van der Waals surface area contributed by atoms with Crippen molar-refractivity contribution in [1.82, 2.24) is 0 Å². The van der Waals surface area contributed by atoms with Crippen LogP contribution in [0.15, 0.2) is 72.8 Å². The van der Waals surface area contributed by atoms with Crippen molar-refractivity contribution in [2.24, 2.45) is 0 Å². The van der Waals surface area contributed by atoms with E-state index in [2.05, 4.69) is 102 Å². The zero-order chi connectivity index (χ0) is 36.0. The Morgan fingerprint density at radius 3 is 1.46 bits per heavy atom. The van der Waals surface area contributed by atoms with Gasteiger partial charge in [-0.25, -0.2) is 0 Å². The SMILES string of the molecule is CCC(CC)(OCC(O)COC(C)(C)c1ccc(C(CC)(CC)OCC2CO2)cc1)c1ccc(C(C)(C)c2ccc(OCC3CO3)cc2)cc1. The molecule has 1 N–H and O–H groups in total. The quantitative estimate of drug-likeness (QED) is 0.112. The third-order valence-electron chi connectivity index (χ3n) is 11.1. The first-order valence-corrected chi connectivity index (χ1v) is 18.7. The summed E-state index contributed by atoms with van der Waals surface area (Å²) in [5.41, 5.74) is 4.18. The summed E-state index contributed by atoms with van der Waals surface area (Å²) in [5, 5.41) is 11.1. The summed E-state index contributed by atoms with van der Waals surface area (Å²) in [6.07, 6.45) is 3.07. The van der Waals surface area contributed by atoms with E-state index in [1.54, 1.807) is 0 Å². The van der Waals surface area contributed by atoms with Crippen molar-refractivity contribution in [2.75, 3.05) is 39.6 Å². The van der Waals surface area contributed by atoms with Crippen molar-refractivity contribution < 1.29 is 33.5 Å². The van der Waals surface area contributed by atoms with Gasteiger partial charge in [0.05, 0.1) is 49.8 Å². The highest BCUT2D eigenvalue weighted by Gasteiger charge is 2.35. The molecule has 274 valence electrons. The van der Waals surface area contributed by atoms with Crippen LogP contribution in [0.5, 0.6) is 5.75 Å². The first-order chi connectivity index (χ1) is 23.9. The van der Waals surface area contributed by atoms with Gasteiger partial charge in [0, 0.05) is 5.41 Å². The molecule has 3 atom stereocenters. The lowest BCUT2D eigenvalue weighted by molar-refractivity contribution is -0.123. The predicted octanol–water partition coefficient (Wildman–Crippen LogP) is 8.57. The fourth-order valence-electron chi connectivity index (χ4n) is 6.85. The summed E-state index contributed by atoms with van der Waals surface area (Å²) in [4.78, 5) is 0. The molecular formula is C43H60O7. The van der Waals surface area contributed by atoms with Crippen molar-refractivity contribution in [3.63, 3.8) is 0 Å². The lowest BCUT2D eigenvalue weighted by Crippen LogP contribution is -2.35. The zero-order valence-corrected chi connectivity index (χ0v) is 31.6. The Balaban J connectivity index is 1.16. The molecule has 3 aromatic rings. The summed E-state index contributed by atoms with van der Waals surface area (Å²) >= 11 is 0. The standard InChI is InChI=1S/C43H60O7/c1-9-42(10-2,34-17-13-31(14-18-34)40(5,6)32-21-23-37(24-22-32)45-27-38-28-46-38)49-26-36(44)25-48-41(7,8)33-15-19-35(20-16-33)43(11-3,12-4)50-30-39-29-47-39/h13-24,36,38-39,44H,9-12,25-30H2,1-8H3. The minimum absolute atomic E-state index is 0.169. The minimum atomic E-state index is -0.765. The Kier molecular flexibility index (Phi) is 12.5. The Hall–Kier alpha value is -2.78. The van der Waals surface area contributed by atoms with Crippen LogP contribution in [-0.2, 0) is 45.9 Å². The largest absolute Gasteiger partial charge is 0.491 e. The zero-order valence-electron chi connectivity index (χ0n) is 31.6. The number of rotatable bonds is 21. The fraction of sp³-hybridized carbons (Fsp3) is 0.581. The van der Waals surface area contributed by atoms with Gasteiger partial charge in [0.15, 0.2) is 0 Å². The van der Waals surface area contributed by atoms with E-state index < -0.39 is 17.3 Å². The highest BCUT2D eigenvalue weighted by molar-refractivity contribution is 5.41.